The molecule has 1 aliphatic rings. The second-order valence-corrected chi connectivity index (χ2v) is 4.50. The summed E-state index contributed by atoms with van der Waals surface area (Å²) in [5.41, 5.74) is 0. The second kappa shape index (κ2) is 3.83. The van der Waals surface area contributed by atoms with E-state index in [-0.39, 0.29) is 10.9 Å². The van der Waals surface area contributed by atoms with Crippen LogP contribution in [0, 0.1) is 0 Å². The van der Waals surface area contributed by atoms with Crippen LogP contribution >= 0.6 is 0 Å². The molecule has 0 atom stereocenters. The lowest BCUT2D eigenvalue weighted by Crippen LogP contribution is -2.31. The Bertz CT molecular complexity index is 120. The van der Waals surface area contributed by atoms with Crippen molar-refractivity contribution in [1.82, 2.24) is 0 Å². The Morgan fingerprint density at radius 1 is 1.50 bits per heavy atom. The molecule has 0 saturated carbocycles. The van der Waals surface area contributed by atoms with Crippen molar-refractivity contribution in [3.63, 3.8) is 0 Å². The van der Waals surface area contributed by atoms with Gasteiger partial charge in [0, 0.05) is 10.9 Å². The fourth-order valence-corrected chi connectivity index (χ4v) is 2.43. The van der Waals surface area contributed by atoms with E-state index in [1.165, 1.54) is 0 Å². The summed E-state index contributed by atoms with van der Waals surface area (Å²) in [6.07, 6.45) is 0. The van der Waals surface area contributed by atoms with Gasteiger partial charge in [-0.25, -0.2) is 4.79 Å². The summed E-state index contributed by atoms with van der Waals surface area (Å²) in [4.78, 5) is 10.2. The summed E-state index contributed by atoms with van der Waals surface area (Å²) in [6, 6.07) is 0. The summed E-state index contributed by atoms with van der Waals surface area (Å²) >= 11 is 0. The molecule has 0 aliphatic carbocycles. The van der Waals surface area contributed by atoms with Crippen molar-refractivity contribution in [3.05, 3.63) is 0 Å². The van der Waals surface area contributed by atoms with Gasteiger partial charge >= 0.3 is 5.97 Å². The summed E-state index contributed by atoms with van der Waals surface area (Å²) in [5.74, 6) is 1.53. The molecule has 1 heterocycles. The molecule has 0 aromatic carbocycles. The lowest BCUT2D eigenvalue weighted by Gasteiger charge is -2.12. The SMILES string of the molecule is O=C(O)C[S+]1CCOCC1. The third kappa shape index (κ3) is 2.58. The molecule has 0 amide bonds. The molecule has 0 aromatic rings. The van der Waals surface area contributed by atoms with Gasteiger partial charge in [-0.3, -0.25) is 0 Å². The molecule has 1 saturated heterocycles. The Labute approximate surface area is 62.7 Å². The van der Waals surface area contributed by atoms with E-state index in [9.17, 15) is 4.79 Å². The van der Waals surface area contributed by atoms with Crippen LogP contribution in [-0.4, -0.2) is 41.5 Å². The number of hydrogen-bond donors (Lipinski definition) is 1. The van der Waals surface area contributed by atoms with Crippen LogP contribution in [0.1, 0.15) is 0 Å². The van der Waals surface area contributed by atoms with Gasteiger partial charge in [0.25, 0.3) is 0 Å². The van der Waals surface area contributed by atoms with Gasteiger partial charge in [-0.2, -0.15) is 0 Å². The summed E-state index contributed by atoms with van der Waals surface area (Å²) in [6.45, 7) is 1.49. The molecule has 0 bridgehead atoms. The highest BCUT2D eigenvalue weighted by atomic mass is 32.2. The largest absolute Gasteiger partial charge is 0.478 e. The van der Waals surface area contributed by atoms with Crippen LogP contribution in [0.2, 0.25) is 0 Å². The summed E-state index contributed by atoms with van der Waals surface area (Å²) in [5, 5.41) is 8.43. The van der Waals surface area contributed by atoms with Gasteiger partial charge in [0.05, 0.1) is 13.2 Å². The number of carboxylic acids is 1. The van der Waals surface area contributed by atoms with Gasteiger partial charge in [0.1, 0.15) is 11.5 Å². The van der Waals surface area contributed by atoms with Crippen molar-refractivity contribution >= 4 is 16.9 Å². The van der Waals surface area contributed by atoms with E-state index in [2.05, 4.69) is 0 Å². The molecule has 1 N–H and O–H groups in total. The number of ether oxygens (including phenoxy) is 1. The molecule has 1 fully saturated rings. The lowest BCUT2D eigenvalue weighted by molar-refractivity contribution is -0.133. The molecule has 1 rings (SSSR count). The van der Waals surface area contributed by atoms with Crippen LogP contribution < -0.4 is 0 Å². The summed E-state index contributed by atoms with van der Waals surface area (Å²) < 4.78 is 5.10. The fraction of sp³-hybridized carbons (Fsp3) is 0.833. The predicted octanol–water partition coefficient (Wildman–Crippen LogP) is -0.280. The first-order valence-corrected chi connectivity index (χ1v) is 4.96. The highest BCUT2D eigenvalue weighted by molar-refractivity contribution is 7.97. The summed E-state index contributed by atoms with van der Waals surface area (Å²) in [7, 11) is 0.101. The van der Waals surface area contributed by atoms with Gasteiger partial charge in [0.15, 0.2) is 0 Å². The van der Waals surface area contributed by atoms with Gasteiger partial charge in [-0.05, 0) is 0 Å². The predicted molar refractivity (Wildman–Crippen MR) is 40.4 cm³/mol. The molecule has 4 heteroatoms. The minimum atomic E-state index is -0.676. The third-order valence-electron chi connectivity index (χ3n) is 1.36. The molecule has 1 aliphatic heterocycles. The first kappa shape index (κ1) is 7.88. The molecule has 0 radical (unpaired) electrons. The Kier molecular flexibility index (Phi) is 3.02. The zero-order valence-corrected chi connectivity index (χ0v) is 6.52. The second-order valence-electron chi connectivity index (χ2n) is 2.17. The minimum Gasteiger partial charge on any atom is -0.478 e. The van der Waals surface area contributed by atoms with E-state index >= 15 is 0 Å². The van der Waals surface area contributed by atoms with Gasteiger partial charge in [-0.1, -0.05) is 0 Å². The molecule has 0 aromatic heterocycles. The van der Waals surface area contributed by atoms with Crippen LogP contribution in [0.15, 0.2) is 0 Å². The van der Waals surface area contributed by atoms with Crippen LogP contribution in [0.25, 0.3) is 0 Å². The highest BCUT2D eigenvalue weighted by Gasteiger charge is 2.24. The number of carboxylic acid groups (broad SMARTS) is 1. The Morgan fingerprint density at radius 2 is 2.10 bits per heavy atom. The van der Waals surface area contributed by atoms with Crippen LogP contribution in [0.3, 0.4) is 0 Å². The van der Waals surface area contributed by atoms with Gasteiger partial charge in [0.2, 0.25) is 5.75 Å². The van der Waals surface area contributed by atoms with Gasteiger partial charge in [-0.15, -0.1) is 0 Å². The van der Waals surface area contributed by atoms with Crippen molar-refractivity contribution in [1.29, 1.82) is 0 Å². The normalized spacial score (nSPS) is 20.8. The molecule has 10 heavy (non-hydrogen) atoms. The molecule has 0 unspecified atom stereocenters. The maximum absolute atomic E-state index is 10.2. The van der Waals surface area contributed by atoms with E-state index in [1.54, 1.807) is 0 Å². The third-order valence-corrected chi connectivity index (χ3v) is 3.50. The Balaban J connectivity index is 2.19. The van der Waals surface area contributed by atoms with Crippen molar-refractivity contribution in [2.24, 2.45) is 0 Å². The first-order valence-electron chi connectivity index (χ1n) is 3.22. The zero-order chi connectivity index (χ0) is 7.40. The maximum atomic E-state index is 10.2. The van der Waals surface area contributed by atoms with Crippen LogP contribution in [0.4, 0.5) is 0 Å². The number of hydrogen-bond acceptors (Lipinski definition) is 2. The van der Waals surface area contributed by atoms with Gasteiger partial charge < -0.3 is 9.84 Å². The number of aliphatic carboxylic acids is 1. The fourth-order valence-electron chi connectivity index (χ4n) is 0.877. The van der Waals surface area contributed by atoms with E-state index in [4.69, 9.17) is 9.84 Å². The average molecular weight is 163 g/mol. The number of rotatable bonds is 2. The van der Waals surface area contributed by atoms with Crippen LogP contribution in [-0.2, 0) is 20.4 Å². The van der Waals surface area contributed by atoms with Crippen molar-refractivity contribution in [3.8, 4) is 0 Å². The van der Waals surface area contributed by atoms with E-state index < -0.39 is 5.97 Å². The Morgan fingerprint density at radius 3 is 2.60 bits per heavy atom. The van der Waals surface area contributed by atoms with Crippen molar-refractivity contribution in [2.75, 3.05) is 30.5 Å². The molecular formula is C6H11O3S+. The minimum absolute atomic E-state index is 0.101. The monoisotopic (exact) mass is 163 g/mol. The molecule has 0 spiro atoms. The quantitative estimate of drug-likeness (QED) is 0.569. The molecular weight excluding hydrogens is 152 g/mol. The van der Waals surface area contributed by atoms with Crippen LogP contribution in [0.5, 0.6) is 0 Å². The average Bonchev–Trinajstić information content (AvgIpc) is 1.88. The highest BCUT2D eigenvalue weighted by Crippen LogP contribution is 2.02. The molecule has 3 nitrogen and oxygen atoms in total. The zero-order valence-electron chi connectivity index (χ0n) is 5.71. The maximum Gasteiger partial charge on any atom is 0.353 e. The Hall–Kier alpha value is -0.220. The smallest absolute Gasteiger partial charge is 0.353 e. The molecule has 58 valence electrons. The lowest BCUT2D eigenvalue weighted by atomic mass is 10.8. The van der Waals surface area contributed by atoms with E-state index in [1.807, 2.05) is 0 Å². The standard InChI is InChI=1S/C6H10O3S/c7-6(8)5-10-3-1-9-2-4-10/h1-5H2/p+1. The van der Waals surface area contributed by atoms with Crippen molar-refractivity contribution in [2.45, 2.75) is 0 Å². The first-order chi connectivity index (χ1) is 4.79. The topological polar surface area (TPSA) is 46.5 Å². The number of carbonyl (C=O) groups is 1. The van der Waals surface area contributed by atoms with Crippen molar-refractivity contribution < 1.29 is 14.6 Å². The van der Waals surface area contributed by atoms with E-state index in [0.29, 0.717) is 5.75 Å². The van der Waals surface area contributed by atoms with E-state index in [0.717, 1.165) is 24.7 Å².